The minimum absolute atomic E-state index is 0.217. The summed E-state index contributed by atoms with van der Waals surface area (Å²) in [4.78, 5) is 4.10. The van der Waals surface area contributed by atoms with E-state index in [0.717, 1.165) is 5.16 Å². The Balaban J connectivity index is 2.20. The van der Waals surface area contributed by atoms with Crippen LogP contribution in [0.15, 0.2) is 35.7 Å². The number of nitrogens with two attached hydrogens (primary N) is 1. The summed E-state index contributed by atoms with van der Waals surface area (Å²) in [7, 11) is 0. The summed E-state index contributed by atoms with van der Waals surface area (Å²) in [6.45, 7) is 2.68. The Morgan fingerprint density at radius 3 is 2.88 bits per heavy atom. The number of H-pyrrole nitrogens is 1. The van der Waals surface area contributed by atoms with E-state index in [1.165, 1.54) is 17.5 Å². The summed E-state index contributed by atoms with van der Waals surface area (Å²) in [5.74, 6) is 0. The van der Waals surface area contributed by atoms with Gasteiger partial charge in [-0.1, -0.05) is 36.0 Å². The SMILES string of the molecule is Cc1ccccc1C(CN)Sc1ncn[nH]1. The zero-order chi connectivity index (χ0) is 11.4. The number of hydrogen-bond acceptors (Lipinski definition) is 4. The maximum atomic E-state index is 5.81. The van der Waals surface area contributed by atoms with Crippen molar-refractivity contribution in [2.45, 2.75) is 17.3 Å². The van der Waals surface area contributed by atoms with E-state index in [2.05, 4.69) is 34.2 Å². The third kappa shape index (κ3) is 2.43. The molecule has 1 unspecified atom stereocenters. The van der Waals surface area contributed by atoms with Crippen LogP contribution in [0, 0.1) is 6.92 Å². The Morgan fingerprint density at radius 2 is 2.25 bits per heavy atom. The average molecular weight is 234 g/mol. The van der Waals surface area contributed by atoms with Crippen molar-refractivity contribution in [1.29, 1.82) is 0 Å². The third-order valence-electron chi connectivity index (χ3n) is 2.40. The van der Waals surface area contributed by atoms with Gasteiger partial charge in [-0.2, -0.15) is 5.10 Å². The van der Waals surface area contributed by atoms with Crippen LogP contribution in [0.4, 0.5) is 0 Å². The molecule has 4 nitrogen and oxygen atoms in total. The molecule has 1 aromatic heterocycles. The minimum Gasteiger partial charge on any atom is -0.329 e. The maximum Gasteiger partial charge on any atom is 0.184 e. The smallest absolute Gasteiger partial charge is 0.184 e. The van der Waals surface area contributed by atoms with Gasteiger partial charge in [0.15, 0.2) is 5.16 Å². The first-order valence-electron chi connectivity index (χ1n) is 5.09. The van der Waals surface area contributed by atoms with Gasteiger partial charge in [-0.15, -0.1) is 0 Å². The number of benzene rings is 1. The standard InChI is InChI=1S/C11H14N4S/c1-8-4-2-3-5-9(8)10(6-12)16-11-13-7-14-15-11/h2-5,7,10H,6,12H2,1H3,(H,13,14,15). The third-order valence-corrected chi connectivity index (χ3v) is 3.55. The highest BCUT2D eigenvalue weighted by molar-refractivity contribution is 7.99. The van der Waals surface area contributed by atoms with E-state index in [4.69, 9.17) is 5.73 Å². The first-order chi connectivity index (χ1) is 7.81. The van der Waals surface area contributed by atoms with Crippen LogP contribution in [-0.4, -0.2) is 21.7 Å². The molecule has 1 heterocycles. The van der Waals surface area contributed by atoms with Crippen LogP contribution < -0.4 is 5.73 Å². The molecular weight excluding hydrogens is 220 g/mol. The van der Waals surface area contributed by atoms with E-state index >= 15 is 0 Å². The molecule has 0 spiro atoms. The molecule has 0 saturated carbocycles. The van der Waals surface area contributed by atoms with Crippen molar-refractivity contribution in [2.75, 3.05) is 6.54 Å². The Hall–Kier alpha value is -1.33. The molecule has 0 aliphatic rings. The Morgan fingerprint density at radius 1 is 1.44 bits per heavy atom. The van der Waals surface area contributed by atoms with Gasteiger partial charge in [0.25, 0.3) is 0 Å². The summed E-state index contributed by atoms with van der Waals surface area (Å²) in [5, 5.41) is 7.69. The molecule has 2 aromatic rings. The van der Waals surface area contributed by atoms with Gasteiger partial charge in [0.2, 0.25) is 0 Å². The van der Waals surface area contributed by atoms with Crippen LogP contribution in [0.1, 0.15) is 16.4 Å². The molecule has 0 aliphatic heterocycles. The largest absolute Gasteiger partial charge is 0.329 e. The second-order valence-electron chi connectivity index (χ2n) is 3.49. The Bertz CT molecular complexity index is 441. The van der Waals surface area contributed by atoms with Crippen molar-refractivity contribution in [2.24, 2.45) is 5.73 Å². The van der Waals surface area contributed by atoms with Crippen LogP contribution in [0.2, 0.25) is 0 Å². The second kappa shape index (κ2) is 5.14. The van der Waals surface area contributed by atoms with Crippen molar-refractivity contribution >= 4 is 11.8 Å². The van der Waals surface area contributed by atoms with Gasteiger partial charge in [0.05, 0.1) is 0 Å². The molecule has 1 aromatic carbocycles. The van der Waals surface area contributed by atoms with Gasteiger partial charge in [-0.3, -0.25) is 5.10 Å². The second-order valence-corrected chi connectivity index (χ2v) is 4.68. The van der Waals surface area contributed by atoms with E-state index < -0.39 is 0 Å². The van der Waals surface area contributed by atoms with Gasteiger partial charge in [-0.05, 0) is 18.1 Å². The molecule has 16 heavy (non-hydrogen) atoms. The normalized spacial score (nSPS) is 12.6. The Labute approximate surface area is 98.7 Å². The summed E-state index contributed by atoms with van der Waals surface area (Å²) >= 11 is 1.61. The van der Waals surface area contributed by atoms with Gasteiger partial charge >= 0.3 is 0 Å². The highest BCUT2D eigenvalue weighted by Gasteiger charge is 2.14. The summed E-state index contributed by atoms with van der Waals surface area (Å²) in [6, 6.07) is 8.27. The monoisotopic (exact) mass is 234 g/mol. The minimum atomic E-state index is 0.217. The van der Waals surface area contributed by atoms with Crippen LogP contribution in [0.25, 0.3) is 0 Å². The number of rotatable bonds is 4. The molecule has 0 fully saturated rings. The van der Waals surface area contributed by atoms with Crippen LogP contribution >= 0.6 is 11.8 Å². The molecule has 0 bridgehead atoms. The fourth-order valence-electron chi connectivity index (χ4n) is 1.57. The number of thioether (sulfide) groups is 1. The fraction of sp³-hybridized carbons (Fsp3) is 0.273. The van der Waals surface area contributed by atoms with Crippen molar-refractivity contribution in [3.8, 4) is 0 Å². The molecule has 0 amide bonds. The number of aromatic nitrogens is 3. The maximum absolute atomic E-state index is 5.81. The van der Waals surface area contributed by atoms with E-state index in [1.54, 1.807) is 11.8 Å². The molecule has 0 aliphatic carbocycles. The number of nitrogens with zero attached hydrogens (tertiary/aromatic N) is 2. The van der Waals surface area contributed by atoms with E-state index in [0.29, 0.717) is 6.54 Å². The number of aryl methyl sites for hydroxylation is 1. The molecule has 2 rings (SSSR count). The van der Waals surface area contributed by atoms with Crippen LogP contribution in [-0.2, 0) is 0 Å². The quantitative estimate of drug-likeness (QED) is 0.793. The van der Waals surface area contributed by atoms with Crippen molar-refractivity contribution in [3.05, 3.63) is 41.7 Å². The van der Waals surface area contributed by atoms with Gasteiger partial charge in [0.1, 0.15) is 6.33 Å². The van der Waals surface area contributed by atoms with Gasteiger partial charge in [-0.25, -0.2) is 4.98 Å². The number of hydrogen-bond donors (Lipinski definition) is 2. The lowest BCUT2D eigenvalue weighted by molar-refractivity contribution is 0.907. The zero-order valence-electron chi connectivity index (χ0n) is 9.05. The van der Waals surface area contributed by atoms with Gasteiger partial charge in [0, 0.05) is 11.8 Å². The average Bonchev–Trinajstić information content (AvgIpc) is 2.80. The lowest BCUT2D eigenvalue weighted by Crippen LogP contribution is -2.10. The van der Waals surface area contributed by atoms with E-state index in [-0.39, 0.29) is 5.25 Å². The summed E-state index contributed by atoms with van der Waals surface area (Å²) in [5.41, 5.74) is 8.32. The molecule has 5 heteroatoms. The predicted octanol–water partition coefficient (Wildman–Crippen LogP) is 1.91. The van der Waals surface area contributed by atoms with Gasteiger partial charge < -0.3 is 5.73 Å². The molecule has 0 saturated heterocycles. The molecule has 84 valence electrons. The molecule has 0 radical (unpaired) electrons. The molecular formula is C11H14N4S. The fourth-order valence-corrected chi connectivity index (χ4v) is 2.54. The van der Waals surface area contributed by atoms with Crippen molar-refractivity contribution in [3.63, 3.8) is 0 Å². The highest BCUT2D eigenvalue weighted by atomic mass is 32.2. The molecule has 1 atom stereocenters. The molecule has 3 N–H and O–H groups in total. The predicted molar refractivity (Wildman–Crippen MR) is 65.2 cm³/mol. The summed E-state index contributed by atoms with van der Waals surface area (Å²) < 4.78 is 0. The van der Waals surface area contributed by atoms with Crippen LogP contribution in [0.5, 0.6) is 0 Å². The first kappa shape index (κ1) is 11.2. The lowest BCUT2D eigenvalue weighted by atomic mass is 10.1. The highest BCUT2D eigenvalue weighted by Crippen LogP contribution is 2.33. The Kier molecular flexibility index (Phi) is 3.58. The van der Waals surface area contributed by atoms with E-state index in [1.807, 2.05) is 12.1 Å². The van der Waals surface area contributed by atoms with Crippen molar-refractivity contribution in [1.82, 2.24) is 15.2 Å². The topological polar surface area (TPSA) is 67.6 Å². The number of aromatic amines is 1. The summed E-state index contributed by atoms with van der Waals surface area (Å²) in [6.07, 6.45) is 1.51. The number of nitrogens with one attached hydrogen (secondary N) is 1. The zero-order valence-corrected chi connectivity index (χ0v) is 9.87. The first-order valence-corrected chi connectivity index (χ1v) is 5.97. The lowest BCUT2D eigenvalue weighted by Gasteiger charge is -2.15. The van der Waals surface area contributed by atoms with E-state index in [9.17, 15) is 0 Å². The van der Waals surface area contributed by atoms with Crippen LogP contribution in [0.3, 0.4) is 0 Å². The van der Waals surface area contributed by atoms with Crippen molar-refractivity contribution < 1.29 is 0 Å².